The Morgan fingerprint density at radius 3 is 0.636 bits per heavy atom. The van der Waals surface area contributed by atoms with Gasteiger partial charge < -0.3 is 9.80 Å². The van der Waals surface area contributed by atoms with Gasteiger partial charge in [0.05, 0.1) is 0 Å². The van der Waals surface area contributed by atoms with E-state index in [2.05, 4.69) is 459 Å². The van der Waals surface area contributed by atoms with E-state index in [0.29, 0.717) is 0 Å². The molecule has 0 aliphatic carbocycles. The van der Waals surface area contributed by atoms with Gasteiger partial charge in [-0.05, 0) is 228 Å². The van der Waals surface area contributed by atoms with Crippen LogP contribution in [0.2, 0.25) is 0 Å². The fourth-order valence-corrected chi connectivity index (χ4v) is 16.2. The van der Waals surface area contributed by atoms with E-state index < -0.39 is 0 Å². The van der Waals surface area contributed by atoms with Gasteiger partial charge in [-0.2, -0.15) is 0 Å². The van der Waals surface area contributed by atoms with Crippen molar-refractivity contribution in [3.63, 3.8) is 0 Å². The first-order valence-corrected chi connectivity index (χ1v) is 37.8. The summed E-state index contributed by atoms with van der Waals surface area (Å²) in [6, 6.07) is 164. The maximum Gasteiger partial charge on any atom is 0.0468 e. The van der Waals surface area contributed by atoms with Crippen molar-refractivity contribution in [2.24, 2.45) is 0 Å². The SMILES string of the molecule is c1ccc(-c2ccc(N(c3ccc(-c4cccc5ccccc45)cc3)c3ccc(-c4ccc(-c5ccc(-c6ccc(-c7ccc(N(c8ccc(-c9ccccc9)cc8)c8ccc(-c9ccc(-c%10cccc%11ccccc%10%11)cc9)c(-c9ccccc9)c8)cc7)c7ccccc67)cc5)cc4)c(-c4ccccc4)c3)cc2)cc1. The van der Waals surface area contributed by atoms with Crippen LogP contribution in [0.15, 0.2) is 449 Å². The molecule has 19 aromatic carbocycles. The van der Waals surface area contributed by atoms with Crippen molar-refractivity contribution in [3.8, 4) is 122 Å². The third-order valence-electron chi connectivity index (χ3n) is 21.8. The monoisotopic (exact) mass is 1400 g/mol. The molecule has 0 atom stereocenters. The van der Waals surface area contributed by atoms with Crippen LogP contribution in [0.4, 0.5) is 34.1 Å². The molecule has 0 heterocycles. The second-order valence-corrected chi connectivity index (χ2v) is 28.3. The number of hydrogen-bond acceptors (Lipinski definition) is 2. The molecule has 0 spiro atoms. The van der Waals surface area contributed by atoms with Crippen molar-refractivity contribution in [3.05, 3.63) is 449 Å². The fraction of sp³-hybridized carbons (Fsp3) is 0. The predicted octanol–water partition coefficient (Wildman–Crippen LogP) is 30.4. The summed E-state index contributed by atoms with van der Waals surface area (Å²) in [5.74, 6) is 0. The Hall–Kier alpha value is -14.4. The Balaban J connectivity index is 0.615. The molecule has 516 valence electrons. The summed E-state index contributed by atoms with van der Waals surface area (Å²) >= 11 is 0. The van der Waals surface area contributed by atoms with Crippen LogP contribution >= 0.6 is 0 Å². The van der Waals surface area contributed by atoms with Gasteiger partial charge in [0.15, 0.2) is 0 Å². The molecule has 110 heavy (non-hydrogen) atoms. The highest BCUT2D eigenvalue weighted by Crippen LogP contribution is 2.47. The summed E-state index contributed by atoms with van der Waals surface area (Å²) in [7, 11) is 0. The van der Waals surface area contributed by atoms with E-state index in [1.807, 2.05) is 0 Å². The van der Waals surface area contributed by atoms with Crippen molar-refractivity contribution >= 4 is 66.4 Å². The Kier molecular flexibility index (Phi) is 17.8. The summed E-state index contributed by atoms with van der Waals surface area (Å²) in [6.45, 7) is 0. The molecule has 2 nitrogen and oxygen atoms in total. The van der Waals surface area contributed by atoms with E-state index in [4.69, 9.17) is 0 Å². The van der Waals surface area contributed by atoms with Crippen LogP contribution in [-0.2, 0) is 0 Å². The predicted molar refractivity (Wildman–Crippen MR) is 468 cm³/mol. The van der Waals surface area contributed by atoms with Gasteiger partial charge in [-0.3, -0.25) is 0 Å². The van der Waals surface area contributed by atoms with Crippen molar-refractivity contribution in [1.29, 1.82) is 0 Å². The van der Waals surface area contributed by atoms with Gasteiger partial charge in [0.1, 0.15) is 0 Å². The van der Waals surface area contributed by atoms with Gasteiger partial charge in [-0.15, -0.1) is 0 Å². The highest BCUT2D eigenvalue weighted by atomic mass is 15.1. The van der Waals surface area contributed by atoms with Gasteiger partial charge in [0, 0.05) is 34.1 Å². The molecule has 19 aromatic rings. The minimum Gasteiger partial charge on any atom is -0.310 e. The van der Waals surface area contributed by atoms with E-state index in [1.165, 1.54) is 110 Å². The van der Waals surface area contributed by atoms with Crippen LogP contribution in [0.1, 0.15) is 0 Å². The number of fused-ring (bicyclic) bond motifs is 3. The molecule has 0 saturated carbocycles. The molecule has 0 unspecified atom stereocenters. The number of benzene rings is 19. The van der Waals surface area contributed by atoms with Crippen LogP contribution < -0.4 is 9.80 Å². The quantitative estimate of drug-likeness (QED) is 0.0896. The highest BCUT2D eigenvalue weighted by Gasteiger charge is 2.22. The molecular weight excluding hydrogens is 1330 g/mol. The van der Waals surface area contributed by atoms with Crippen LogP contribution in [0, 0.1) is 0 Å². The Morgan fingerprint density at radius 1 is 0.109 bits per heavy atom. The van der Waals surface area contributed by atoms with Crippen molar-refractivity contribution in [1.82, 2.24) is 0 Å². The van der Waals surface area contributed by atoms with Crippen molar-refractivity contribution in [2.75, 3.05) is 9.80 Å². The molecule has 2 heteroatoms. The second-order valence-electron chi connectivity index (χ2n) is 28.3. The van der Waals surface area contributed by atoms with E-state index >= 15 is 0 Å². The molecular formula is C108H74N2. The minimum absolute atomic E-state index is 1.06. The molecule has 0 N–H and O–H groups in total. The van der Waals surface area contributed by atoms with Crippen molar-refractivity contribution < 1.29 is 0 Å². The number of rotatable bonds is 17. The Morgan fingerprint density at radius 2 is 0.309 bits per heavy atom. The Bertz CT molecular complexity index is 6470. The van der Waals surface area contributed by atoms with Crippen LogP contribution in [0.25, 0.3) is 155 Å². The number of anilines is 6. The molecule has 19 rings (SSSR count). The zero-order valence-electron chi connectivity index (χ0n) is 60.6. The van der Waals surface area contributed by atoms with Crippen LogP contribution in [-0.4, -0.2) is 0 Å². The molecule has 0 saturated heterocycles. The second kappa shape index (κ2) is 29.5. The standard InChI is InChI=1S/C108H74N2/c1-5-21-75(22-6-1)79-51-59-91(60-52-79)109(93-63-55-89(56-64-93)100-38-20-32-82-30-14-16-34-98(82)100)95-67-69-103(107(73-95)83-25-9-3-10-26-83)87-45-41-78(42-46-87)77-39-43-86(44-40-77)101-71-72-102(106-36-18-17-35-105(101)106)90-57-65-94(66-58-90)110(92-61-53-80(54-62-92)76-23-7-2-8-24-76)96-68-70-104(108(74-96)84-27-11-4-12-28-84)88-49-47-85(48-50-88)99-37-19-31-81-29-13-15-33-97(81)99/h1-74H. The normalized spacial score (nSPS) is 11.3. The lowest BCUT2D eigenvalue weighted by Gasteiger charge is -2.27. The van der Waals surface area contributed by atoms with Crippen molar-refractivity contribution in [2.45, 2.75) is 0 Å². The van der Waals surface area contributed by atoms with Gasteiger partial charge in [0.2, 0.25) is 0 Å². The highest BCUT2D eigenvalue weighted by molar-refractivity contribution is 6.06. The first kappa shape index (κ1) is 66.3. The Labute approximate surface area is 643 Å². The summed E-state index contributed by atoms with van der Waals surface area (Å²) in [5.41, 5.74) is 32.3. The minimum atomic E-state index is 1.06. The lowest BCUT2D eigenvalue weighted by molar-refractivity contribution is 1.28. The van der Waals surface area contributed by atoms with E-state index in [-0.39, 0.29) is 0 Å². The zero-order chi connectivity index (χ0) is 73.1. The molecule has 0 amide bonds. The maximum atomic E-state index is 2.40. The molecule has 0 aliphatic rings. The third kappa shape index (κ3) is 13.1. The molecule has 0 fully saturated rings. The fourth-order valence-electron chi connectivity index (χ4n) is 16.2. The van der Waals surface area contributed by atoms with Gasteiger partial charge >= 0.3 is 0 Å². The lowest BCUT2D eigenvalue weighted by Crippen LogP contribution is -2.10. The summed E-state index contributed by atoms with van der Waals surface area (Å²) in [6.07, 6.45) is 0. The van der Waals surface area contributed by atoms with E-state index in [9.17, 15) is 0 Å². The largest absolute Gasteiger partial charge is 0.310 e. The number of hydrogen-bond donors (Lipinski definition) is 0. The lowest BCUT2D eigenvalue weighted by atomic mass is 9.90. The average molecular weight is 1400 g/mol. The molecule has 0 aromatic heterocycles. The van der Waals surface area contributed by atoms with Crippen LogP contribution in [0.5, 0.6) is 0 Å². The smallest absolute Gasteiger partial charge is 0.0468 e. The maximum absolute atomic E-state index is 2.40. The van der Waals surface area contributed by atoms with E-state index in [0.717, 1.165) is 78.6 Å². The first-order chi connectivity index (χ1) is 54.5. The molecule has 0 bridgehead atoms. The van der Waals surface area contributed by atoms with Gasteiger partial charge in [-0.25, -0.2) is 0 Å². The van der Waals surface area contributed by atoms with Crippen LogP contribution in [0.3, 0.4) is 0 Å². The summed E-state index contributed by atoms with van der Waals surface area (Å²) in [4.78, 5) is 4.78. The third-order valence-corrected chi connectivity index (χ3v) is 21.8. The average Bonchev–Trinajstić information content (AvgIpc) is 0.747. The summed E-state index contributed by atoms with van der Waals surface area (Å²) in [5, 5.41) is 7.40. The van der Waals surface area contributed by atoms with Gasteiger partial charge in [-0.1, -0.05) is 376 Å². The van der Waals surface area contributed by atoms with E-state index in [1.54, 1.807) is 0 Å². The topological polar surface area (TPSA) is 6.48 Å². The molecule has 0 aliphatic heterocycles. The zero-order valence-corrected chi connectivity index (χ0v) is 60.6. The summed E-state index contributed by atoms with van der Waals surface area (Å²) < 4.78 is 0. The molecule has 0 radical (unpaired) electrons. The first-order valence-electron chi connectivity index (χ1n) is 37.8. The van der Waals surface area contributed by atoms with Gasteiger partial charge in [0.25, 0.3) is 0 Å². The number of nitrogens with zero attached hydrogens (tertiary/aromatic N) is 2.